The molecule has 0 aromatic carbocycles. The molecule has 2 aliphatic rings. The standard InChI is InChI=1S/C19H26N4O3S/c1-23-15(3-7-21-23)14(12-25-2)22-18(24)17-11-13-16(27-17)4-10-26-19(13)5-8-20-9-6-19/h3,7,11,14,20H,4-6,8-10,12H2,1-2H3,(H,22,24). The van der Waals surface area contributed by atoms with E-state index in [1.165, 1.54) is 10.4 Å². The molecule has 1 unspecified atom stereocenters. The lowest BCUT2D eigenvalue weighted by Crippen LogP contribution is -2.44. The number of piperidine rings is 1. The molecule has 1 amide bonds. The van der Waals surface area contributed by atoms with E-state index >= 15 is 0 Å². The second kappa shape index (κ2) is 7.71. The summed E-state index contributed by atoms with van der Waals surface area (Å²) >= 11 is 1.60. The van der Waals surface area contributed by atoms with Gasteiger partial charge in [-0.25, -0.2) is 0 Å². The van der Waals surface area contributed by atoms with E-state index < -0.39 is 0 Å². The van der Waals surface area contributed by atoms with Crippen molar-refractivity contribution in [2.24, 2.45) is 7.05 Å². The van der Waals surface area contributed by atoms with Crippen LogP contribution in [0.3, 0.4) is 0 Å². The van der Waals surface area contributed by atoms with E-state index in [1.807, 2.05) is 19.2 Å². The number of carbonyl (C=O) groups is 1. The van der Waals surface area contributed by atoms with Crippen molar-refractivity contribution in [1.82, 2.24) is 20.4 Å². The van der Waals surface area contributed by atoms with Crippen molar-refractivity contribution in [3.8, 4) is 0 Å². The Labute approximate surface area is 163 Å². The van der Waals surface area contributed by atoms with Gasteiger partial charge >= 0.3 is 0 Å². The SMILES string of the molecule is COCC(NC(=O)c1cc2c(s1)CCOC21CCNCC1)c1ccnn1C. The quantitative estimate of drug-likeness (QED) is 0.813. The summed E-state index contributed by atoms with van der Waals surface area (Å²) in [5, 5.41) is 10.7. The number of aromatic nitrogens is 2. The molecular weight excluding hydrogens is 364 g/mol. The Morgan fingerprint density at radius 3 is 3.04 bits per heavy atom. The van der Waals surface area contributed by atoms with E-state index in [0.717, 1.165) is 49.5 Å². The van der Waals surface area contributed by atoms with Crippen LogP contribution < -0.4 is 10.6 Å². The fraction of sp³-hybridized carbons (Fsp3) is 0.579. The Morgan fingerprint density at radius 2 is 2.33 bits per heavy atom. The molecule has 8 heteroatoms. The Kier molecular flexibility index (Phi) is 5.32. The first-order valence-corrected chi connectivity index (χ1v) is 10.2. The molecule has 4 heterocycles. The van der Waals surface area contributed by atoms with E-state index in [-0.39, 0.29) is 17.6 Å². The number of thiophene rings is 1. The highest BCUT2D eigenvalue weighted by molar-refractivity contribution is 7.14. The maximum atomic E-state index is 13.0. The molecule has 0 bridgehead atoms. The van der Waals surface area contributed by atoms with E-state index in [9.17, 15) is 4.79 Å². The van der Waals surface area contributed by atoms with Gasteiger partial charge in [0.25, 0.3) is 5.91 Å². The number of aryl methyl sites for hydroxylation is 1. The summed E-state index contributed by atoms with van der Waals surface area (Å²) in [6, 6.07) is 3.71. The third-order valence-corrected chi connectivity index (χ3v) is 6.69. The number of ether oxygens (including phenoxy) is 2. The van der Waals surface area contributed by atoms with Gasteiger partial charge in [-0.2, -0.15) is 5.10 Å². The minimum absolute atomic E-state index is 0.0678. The molecular formula is C19H26N4O3S. The van der Waals surface area contributed by atoms with Crippen LogP contribution >= 0.6 is 11.3 Å². The van der Waals surface area contributed by atoms with Crippen LogP contribution in [-0.2, 0) is 28.5 Å². The average molecular weight is 391 g/mol. The van der Waals surface area contributed by atoms with Gasteiger partial charge in [-0.3, -0.25) is 9.48 Å². The molecule has 2 N–H and O–H groups in total. The van der Waals surface area contributed by atoms with Gasteiger partial charge in [0.1, 0.15) is 0 Å². The summed E-state index contributed by atoms with van der Waals surface area (Å²) in [4.78, 5) is 15.0. The van der Waals surface area contributed by atoms with Gasteiger partial charge in [0.05, 0.1) is 35.4 Å². The van der Waals surface area contributed by atoms with Crippen LogP contribution in [0.25, 0.3) is 0 Å². The van der Waals surface area contributed by atoms with Crippen LogP contribution in [0, 0.1) is 0 Å². The summed E-state index contributed by atoms with van der Waals surface area (Å²) in [7, 11) is 3.50. The molecule has 1 fully saturated rings. The molecule has 1 saturated heterocycles. The number of rotatable bonds is 5. The van der Waals surface area contributed by atoms with Crippen molar-refractivity contribution in [1.29, 1.82) is 0 Å². The monoisotopic (exact) mass is 390 g/mol. The van der Waals surface area contributed by atoms with Crippen LogP contribution in [-0.4, -0.2) is 49.1 Å². The Balaban J connectivity index is 1.57. The van der Waals surface area contributed by atoms with Crippen molar-refractivity contribution in [3.05, 3.63) is 39.3 Å². The second-order valence-electron chi connectivity index (χ2n) is 7.15. The Morgan fingerprint density at radius 1 is 1.52 bits per heavy atom. The predicted octanol–water partition coefficient (Wildman–Crippen LogP) is 1.75. The van der Waals surface area contributed by atoms with Crippen molar-refractivity contribution in [2.45, 2.75) is 30.9 Å². The number of nitrogens with zero attached hydrogens (tertiary/aromatic N) is 2. The minimum Gasteiger partial charge on any atom is -0.382 e. The molecule has 4 rings (SSSR count). The summed E-state index contributed by atoms with van der Waals surface area (Å²) in [6.45, 7) is 3.03. The first kappa shape index (κ1) is 18.6. The highest BCUT2D eigenvalue weighted by Gasteiger charge is 2.40. The van der Waals surface area contributed by atoms with Crippen molar-refractivity contribution in [3.63, 3.8) is 0 Å². The molecule has 2 aliphatic heterocycles. The maximum absolute atomic E-state index is 13.0. The zero-order chi connectivity index (χ0) is 18.9. The van der Waals surface area contributed by atoms with E-state index in [2.05, 4.69) is 15.7 Å². The lowest BCUT2D eigenvalue weighted by molar-refractivity contribution is -0.0792. The molecule has 2 aromatic rings. The Bertz CT molecular complexity index is 810. The molecule has 7 nitrogen and oxygen atoms in total. The molecule has 146 valence electrons. The van der Waals surface area contributed by atoms with Gasteiger partial charge in [0.15, 0.2) is 0 Å². The summed E-state index contributed by atoms with van der Waals surface area (Å²) in [6.07, 6.45) is 4.52. The highest BCUT2D eigenvalue weighted by atomic mass is 32.1. The number of methoxy groups -OCH3 is 1. The summed E-state index contributed by atoms with van der Waals surface area (Å²) in [5.41, 5.74) is 1.92. The molecule has 0 aliphatic carbocycles. The van der Waals surface area contributed by atoms with Crippen molar-refractivity contribution >= 4 is 17.2 Å². The first-order chi connectivity index (χ1) is 13.1. The van der Waals surface area contributed by atoms with Gasteiger partial charge in [-0.05, 0) is 43.6 Å². The van der Waals surface area contributed by atoms with Crippen molar-refractivity contribution < 1.29 is 14.3 Å². The lowest BCUT2D eigenvalue weighted by Gasteiger charge is -2.40. The number of nitrogens with one attached hydrogen (secondary N) is 2. The van der Waals surface area contributed by atoms with Gasteiger partial charge in [0.2, 0.25) is 0 Å². The maximum Gasteiger partial charge on any atom is 0.261 e. The zero-order valence-electron chi connectivity index (χ0n) is 15.8. The molecule has 2 aromatic heterocycles. The largest absolute Gasteiger partial charge is 0.382 e. The lowest BCUT2D eigenvalue weighted by atomic mass is 9.83. The fourth-order valence-corrected chi connectivity index (χ4v) is 5.23. The summed E-state index contributed by atoms with van der Waals surface area (Å²) < 4.78 is 13.3. The van der Waals surface area contributed by atoms with E-state index in [0.29, 0.717) is 6.61 Å². The number of carbonyl (C=O) groups excluding carboxylic acids is 1. The van der Waals surface area contributed by atoms with Gasteiger partial charge in [-0.15, -0.1) is 11.3 Å². The number of amides is 1. The minimum atomic E-state index is -0.238. The van der Waals surface area contributed by atoms with Crippen LogP contribution in [0.5, 0.6) is 0 Å². The van der Waals surface area contributed by atoms with Crippen LogP contribution in [0.4, 0.5) is 0 Å². The van der Waals surface area contributed by atoms with Crippen LogP contribution in [0.15, 0.2) is 18.3 Å². The Hall–Kier alpha value is -1.74. The average Bonchev–Trinajstić information content (AvgIpc) is 3.29. The third kappa shape index (κ3) is 3.54. The molecule has 27 heavy (non-hydrogen) atoms. The molecule has 1 spiro atoms. The number of hydrogen-bond acceptors (Lipinski definition) is 6. The molecule has 0 radical (unpaired) electrons. The third-order valence-electron chi connectivity index (χ3n) is 5.50. The van der Waals surface area contributed by atoms with Gasteiger partial charge in [0, 0.05) is 31.7 Å². The molecule has 1 atom stereocenters. The first-order valence-electron chi connectivity index (χ1n) is 9.38. The van der Waals surface area contributed by atoms with E-state index in [4.69, 9.17) is 9.47 Å². The van der Waals surface area contributed by atoms with Gasteiger partial charge in [-0.1, -0.05) is 0 Å². The highest BCUT2D eigenvalue weighted by Crippen LogP contribution is 2.43. The number of fused-ring (bicyclic) bond motifs is 2. The normalized spacial score (nSPS) is 19.6. The van der Waals surface area contributed by atoms with Crippen molar-refractivity contribution in [2.75, 3.05) is 33.4 Å². The molecule has 0 saturated carbocycles. The number of hydrogen-bond donors (Lipinski definition) is 2. The summed E-state index contributed by atoms with van der Waals surface area (Å²) in [5.74, 6) is -0.0678. The zero-order valence-corrected chi connectivity index (χ0v) is 16.6. The van der Waals surface area contributed by atoms with Crippen LogP contribution in [0.1, 0.15) is 44.7 Å². The topological polar surface area (TPSA) is 77.4 Å². The van der Waals surface area contributed by atoms with Crippen LogP contribution in [0.2, 0.25) is 0 Å². The smallest absolute Gasteiger partial charge is 0.261 e. The second-order valence-corrected chi connectivity index (χ2v) is 8.29. The van der Waals surface area contributed by atoms with E-state index in [1.54, 1.807) is 29.3 Å². The van der Waals surface area contributed by atoms with Gasteiger partial charge < -0.3 is 20.1 Å². The predicted molar refractivity (Wildman–Crippen MR) is 103 cm³/mol. The fourth-order valence-electron chi connectivity index (χ4n) is 4.10.